The predicted octanol–water partition coefficient (Wildman–Crippen LogP) is 5.91. The molecule has 0 N–H and O–H groups in total. The van der Waals surface area contributed by atoms with Crippen LogP contribution >= 0.6 is 11.3 Å². The van der Waals surface area contributed by atoms with Gasteiger partial charge >= 0.3 is 0 Å². The average molecular weight is 367 g/mol. The van der Waals surface area contributed by atoms with Gasteiger partial charge in [0.25, 0.3) is 0 Å². The maximum absolute atomic E-state index is 5.52. The number of thiazole rings is 1. The summed E-state index contributed by atoms with van der Waals surface area (Å²) < 4.78 is 7.83. The molecule has 1 aromatic heterocycles. The second kappa shape index (κ2) is 7.50. The third-order valence-corrected chi connectivity index (χ3v) is 4.92. The third-order valence-electron chi connectivity index (χ3n) is 4.10. The lowest BCUT2D eigenvalue weighted by Gasteiger charge is -2.24. The van der Waals surface area contributed by atoms with Crippen molar-refractivity contribution < 1.29 is 4.74 Å². The lowest BCUT2D eigenvalue weighted by molar-refractivity contribution is 0.340. The van der Waals surface area contributed by atoms with Crippen molar-refractivity contribution in [1.29, 1.82) is 0 Å². The summed E-state index contributed by atoms with van der Waals surface area (Å²) in [6, 6.07) is 16.6. The van der Waals surface area contributed by atoms with E-state index >= 15 is 0 Å². The van der Waals surface area contributed by atoms with Crippen LogP contribution in [0.1, 0.15) is 33.3 Å². The predicted molar refractivity (Wildman–Crippen MR) is 110 cm³/mol. The number of hydrogen-bond donors (Lipinski definition) is 0. The zero-order valence-electron chi connectivity index (χ0n) is 16.1. The highest BCUT2D eigenvalue weighted by Gasteiger charge is 2.20. The van der Waals surface area contributed by atoms with Gasteiger partial charge < -0.3 is 9.30 Å². The fourth-order valence-corrected chi connectivity index (χ4v) is 3.95. The van der Waals surface area contributed by atoms with Gasteiger partial charge in [0.05, 0.1) is 18.0 Å². The Morgan fingerprint density at radius 3 is 2.23 bits per heavy atom. The molecule has 136 valence electrons. The summed E-state index contributed by atoms with van der Waals surface area (Å²) in [5.41, 5.74) is 4.56. The summed E-state index contributed by atoms with van der Waals surface area (Å²) in [6.45, 7) is 11.4. The summed E-state index contributed by atoms with van der Waals surface area (Å²) in [5.74, 6) is 0.877. The van der Waals surface area contributed by atoms with Crippen LogP contribution in [-0.4, -0.2) is 11.2 Å². The van der Waals surface area contributed by atoms with E-state index < -0.39 is 0 Å². The molecule has 0 amide bonds. The van der Waals surface area contributed by atoms with E-state index in [0.717, 1.165) is 16.2 Å². The van der Waals surface area contributed by atoms with E-state index in [9.17, 15) is 0 Å². The minimum Gasteiger partial charge on any atom is -0.494 e. The van der Waals surface area contributed by atoms with Gasteiger partial charge in [0, 0.05) is 10.9 Å². The molecule has 0 aliphatic heterocycles. The van der Waals surface area contributed by atoms with Crippen molar-refractivity contribution in [3.63, 3.8) is 0 Å². The van der Waals surface area contributed by atoms with Gasteiger partial charge in [-0.15, -0.1) is 11.3 Å². The van der Waals surface area contributed by atoms with Crippen LogP contribution < -0.4 is 9.54 Å². The Morgan fingerprint density at radius 1 is 1.00 bits per heavy atom. The summed E-state index contributed by atoms with van der Waals surface area (Å²) in [4.78, 5) is 5.90. The lowest BCUT2D eigenvalue weighted by Crippen LogP contribution is -2.31. The van der Waals surface area contributed by atoms with E-state index in [0.29, 0.717) is 6.61 Å². The molecular weight excluding hydrogens is 340 g/mol. The molecule has 0 saturated heterocycles. The molecule has 1 heterocycles. The number of nitrogens with zero attached hydrogens (tertiary/aromatic N) is 2. The van der Waals surface area contributed by atoms with E-state index in [4.69, 9.17) is 9.73 Å². The SMILES string of the molecule is CCOc1ccc(N=c2scc(-c3ccc(C)cc3)n2C(C)(C)C)cc1. The maximum atomic E-state index is 5.52. The monoisotopic (exact) mass is 366 g/mol. The van der Waals surface area contributed by atoms with Gasteiger partial charge in [0.2, 0.25) is 0 Å². The number of rotatable bonds is 4. The average Bonchev–Trinajstić information content (AvgIpc) is 3.01. The molecule has 3 aromatic rings. The number of hydrogen-bond acceptors (Lipinski definition) is 3. The van der Waals surface area contributed by atoms with Gasteiger partial charge in [0.1, 0.15) is 5.75 Å². The van der Waals surface area contributed by atoms with Crippen LogP contribution in [0.3, 0.4) is 0 Å². The van der Waals surface area contributed by atoms with Gasteiger partial charge in [-0.25, -0.2) is 4.99 Å². The summed E-state index contributed by atoms with van der Waals surface area (Å²) in [5, 5.41) is 2.20. The molecule has 0 saturated carbocycles. The molecule has 0 bridgehead atoms. The molecular formula is C22H26N2OS. The van der Waals surface area contributed by atoms with Gasteiger partial charge in [0.15, 0.2) is 4.80 Å². The second-order valence-corrected chi connectivity index (χ2v) is 8.15. The summed E-state index contributed by atoms with van der Waals surface area (Å²) in [6.07, 6.45) is 0. The number of aryl methyl sites for hydroxylation is 1. The first kappa shape index (κ1) is 18.5. The maximum Gasteiger partial charge on any atom is 0.190 e. The molecule has 0 atom stereocenters. The van der Waals surface area contributed by atoms with Crippen LogP contribution in [0.2, 0.25) is 0 Å². The summed E-state index contributed by atoms with van der Waals surface area (Å²) in [7, 11) is 0. The Hall–Kier alpha value is -2.33. The minimum absolute atomic E-state index is 0.0652. The quantitative estimate of drug-likeness (QED) is 0.564. The minimum atomic E-state index is -0.0652. The van der Waals surface area contributed by atoms with Crippen molar-refractivity contribution in [2.24, 2.45) is 4.99 Å². The molecule has 0 unspecified atom stereocenters. The molecule has 2 aromatic carbocycles. The molecule has 0 spiro atoms. The van der Waals surface area contributed by atoms with Gasteiger partial charge in [-0.1, -0.05) is 29.8 Å². The molecule has 0 aliphatic rings. The van der Waals surface area contributed by atoms with E-state index in [1.165, 1.54) is 16.8 Å². The highest BCUT2D eigenvalue weighted by molar-refractivity contribution is 7.07. The highest BCUT2D eigenvalue weighted by Crippen LogP contribution is 2.27. The van der Waals surface area contributed by atoms with Crippen LogP contribution in [0.25, 0.3) is 11.3 Å². The number of ether oxygens (including phenoxy) is 1. The van der Waals surface area contributed by atoms with Crippen molar-refractivity contribution in [2.75, 3.05) is 6.61 Å². The zero-order chi connectivity index (χ0) is 18.7. The summed E-state index contributed by atoms with van der Waals surface area (Å²) >= 11 is 1.68. The first-order valence-corrected chi connectivity index (χ1v) is 9.82. The Kier molecular flexibility index (Phi) is 5.33. The highest BCUT2D eigenvalue weighted by atomic mass is 32.1. The Bertz CT molecular complexity index is 926. The van der Waals surface area contributed by atoms with Crippen molar-refractivity contribution in [3.8, 4) is 17.0 Å². The lowest BCUT2D eigenvalue weighted by atomic mass is 10.1. The largest absolute Gasteiger partial charge is 0.494 e. The van der Waals surface area contributed by atoms with Crippen molar-refractivity contribution in [2.45, 2.75) is 40.2 Å². The van der Waals surface area contributed by atoms with E-state index in [-0.39, 0.29) is 5.54 Å². The second-order valence-electron chi connectivity index (χ2n) is 7.31. The van der Waals surface area contributed by atoms with Gasteiger partial charge in [-0.2, -0.15) is 0 Å². The zero-order valence-corrected chi connectivity index (χ0v) is 16.9. The van der Waals surface area contributed by atoms with Crippen LogP contribution in [0.5, 0.6) is 5.75 Å². The van der Waals surface area contributed by atoms with Gasteiger partial charge in [-0.3, -0.25) is 0 Å². The Balaban J connectivity index is 2.08. The third kappa shape index (κ3) is 4.07. The smallest absolute Gasteiger partial charge is 0.190 e. The van der Waals surface area contributed by atoms with E-state index in [1.54, 1.807) is 11.3 Å². The molecule has 0 radical (unpaired) electrons. The van der Waals surface area contributed by atoms with Crippen LogP contribution in [0.4, 0.5) is 5.69 Å². The van der Waals surface area contributed by atoms with Crippen molar-refractivity contribution in [1.82, 2.24) is 4.57 Å². The van der Waals surface area contributed by atoms with Crippen LogP contribution in [0.15, 0.2) is 58.9 Å². The normalized spacial score (nSPS) is 12.4. The number of aromatic nitrogens is 1. The van der Waals surface area contributed by atoms with E-state index in [2.05, 4.69) is 61.9 Å². The fraction of sp³-hybridized carbons (Fsp3) is 0.318. The molecule has 0 fully saturated rings. The first-order valence-electron chi connectivity index (χ1n) is 8.94. The van der Waals surface area contributed by atoms with Crippen LogP contribution in [0, 0.1) is 6.92 Å². The molecule has 3 rings (SSSR count). The Morgan fingerprint density at radius 2 is 1.65 bits per heavy atom. The van der Waals surface area contributed by atoms with Crippen molar-refractivity contribution in [3.05, 3.63) is 64.3 Å². The Labute approximate surface area is 159 Å². The molecule has 3 nitrogen and oxygen atoms in total. The van der Waals surface area contributed by atoms with Crippen LogP contribution in [-0.2, 0) is 5.54 Å². The van der Waals surface area contributed by atoms with E-state index in [1.807, 2.05) is 31.2 Å². The standard InChI is InChI=1S/C22H26N2OS/c1-6-25-19-13-11-18(12-14-19)23-21-24(22(3,4)5)20(15-26-21)17-9-7-16(2)8-10-17/h7-15H,6H2,1-5H3. The fourth-order valence-electron chi connectivity index (χ4n) is 2.86. The topological polar surface area (TPSA) is 26.5 Å². The van der Waals surface area contributed by atoms with Gasteiger partial charge in [-0.05, 0) is 64.4 Å². The molecule has 4 heteroatoms. The van der Waals surface area contributed by atoms with Crippen molar-refractivity contribution >= 4 is 17.0 Å². The first-order chi connectivity index (χ1) is 12.4. The molecule has 26 heavy (non-hydrogen) atoms. The number of benzene rings is 2. The molecule has 0 aliphatic carbocycles.